The van der Waals surface area contributed by atoms with E-state index in [4.69, 9.17) is 22.6 Å². The van der Waals surface area contributed by atoms with Gasteiger partial charge in [0.15, 0.2) is 5.82 Å². The van der Waals surface area contributed by atoms with Gasteiger partial charge in [-0.1, -0.05) is 11.6 Å². The summed E-state index contributed by atoms with van der Waals surface area (Å²) in [4.78, 5) is 6.01. The smallest absolute Gasteiger partial charge is 0.157 e. The summed E-state index contributed by atoms with van der Waals surface area (Å²) < 4.78 is 0. The molecule has 1 heterocycles. The Morgan fingerprint density at radius 1 is 1.22 bits per heavy atom. The number of hydrogen-bond donors (Lipinski definition) is 1. The lowest BCUT2D eigenvalue weighted by molar-refractivity contribution is 1.13. The summed E-state index contributed by atoms with van der Waals surface area (Å²) in [6, 6.07) is 12.6. The van der Waals surface area contributed by atoms with Gasteiger partial charge in [-0.3, -0.25) is 0 Å². The molecule has 0 bridgehead atoms. The van der Waals surface area contributed by atoms with E-state index in [1.807, 2.05) is 24.1 Å². The molecular formula is C13H11ClN4. The lowest BCUT2D eigenvalue weighted by Crippen LogP contribution is -2.13. The average Bonchev–Trinajstić information content (AvgIpc) is 2.41. The fourth-order valence-corrected chi connectivity index (χ4v) is 1.73. The first kappa shape index (κ1) is 12.2. The van der Waals surface area contributed by atoms with Crippen LogP contribution >= 0.6 is 11.6 Å². The molecule has 0 spiro atoms. The number of nitrogen functional groups attached to an aromatic ring is 1. The number of halogens is 1. The van der Waals surface area contributed by atoms with E-state index in [0.29, 0.717) is 22.2 Å². The zero-order valence-electron chi connectivity index (χ0n) is 9.76. The first-order valence-electron chi connectivity index (χ1n) is 5.27. The molecule has 0 amide bonds. The lowest BCUT2D eigenvalue weighted by atomic mass is 10.2. The molecule has 18 heavy (non-hydrogen) atoms. The Balaban J connectivity index is 2.38. The van der Waals surface area contributed by atoms with Crippen LogP contribution in [0.4, 0.5) is 17.2 Å². The van der Waals surface area contributed by atoms with Gasteiger partial charge in [-0.15, -0.1) is 0 Å². The van der Waals surface area contributed by atoms with Crippen molar-refractivity contribution in [2.75, 3.05) is 17.7 Å². The fraction of sp³-hybridized carbons (Fsp3) is 0.0769. The zero-order valence-corrected chi connectivity index (χ0v) is 10.5. The Bertz CT molecular complexity index is 601. The minimum absolute atomic E-state index is 0.389. The number of pyridine rings is 1. The Kier molecular flexibility index (Phi) is 3.35. The number of aromatic nitrogens is 1. The number of hydrogen-bond acceptors (Lipinski definition) is 4. The van der Waals surface area contributed by atoms with Gasteiger partial charge in [0.1, 0.15) is 5.15 Å². The molecule has 0 atom stereocenters. The van der Waals surface area contributed by atoms with Crippen LogP contribution in [0.5, 0.6) is 0 Å². The Labute approximate surface area is 110 Å². The minimum Gasteiger partial charge on any atom is -0.396 e. The second-order valence-corrected chi connectivity index (χ2v) is 4.15. The van der Waals surface area contributed by atoms with E-state index in [-0.39, 0.29) is 0 Å². The first-order chi connectivity index (χ1) is 8.61. The number of nitrogens with zero attached hydrogens (tertiary/aromatic N) is 3. The number of nitrogens with two attached hydrogens (primary N) is 1. The van der Waals surface area contributed by atoms with Crippen molar-refractivity contribution < 1.29 is 0 Å². The van der Waals surface area contributed by atoms with Gasteiger partial charge in [0.2, 0.25) is 0 Å². The van der Waals surface area contributed by atoms with Gasteiger partial charge < -0.3 is 10.6 Å². The maximum absolute atomic E-state index is 8.75. The molecule has 0 fully saturated rings. The molecule has 4 nitrogen and oxygen atoms in total. The summed E-state index contributed by atoms with van der Waals surface area (Å²) in [5.41, 5.74) is 7.91. The molecule has 5 heteroatoms. The first-order valence-corrected chi connectivity index (χ1v) is 5.65. The van der Waals surface area contributed by atoms with E-state index in [0.717, 1.165) is 5.69 Å². The van der Waals surface area contributed by atoms with Crippen LogP contribution < -0.4 is 10.6 Å². The molecule has 0 unspecified atom stereocenters. The SMILES string of the molecule is CN(c1ccc(C#N)cc1)c1nc(Cl)ccc1N. The van der Waals surface area contributed by atoms with Gasteiger partial charge in [-0.05, 0) is 36.4 Å². The highest BCUT2D eigenvalue weighted by Gasteiger charge is 2.09. The Morgan fingerprint density at radius 2 is 1.89 bits per heavy atom. The van der Waals surface area contributed by atoms with Crippen LogP contribution in [0.15, 0.2) is 36.4 Å². The molecule has 0 aliphatic heterocycles. The van der Waals surface area contributed by atoms with Gasteiger partial charge >= 0.3 is 0 Å². The van der Waals surface area contributed by atoms with E-state index < -0.39 is 0 Å². The molecule has 1 aromatic heterocycles. The maximum Gasteiger partial charge on any atom is 0.157 e. The topological polar surface area (TPSA) is 65.9 Å². The molecule has 0 saturated heterocycles. The quantitative estimate of drug-likeness (QED) is 0.841. The minimum atomic E-state index is 0.389. The van der Waals surface area contributed by atoms with Crippen molar-refractivity contribution in [1.29, 1.82) is 5.26 Å². The van der Waals surface area contributed by atoms with Crippen LogP contribution in [0.2, 0.25) is 5.15 Å². The van der Waals surface area contributed by atoms with E-state index in [1.165, 1.54) is 0 Å². The predicted octanol–water partition coefficient (Wildman–Crippen LogP) is 2.96. The summed E-state index contributed by atoms with van der Waals surface area (Å²) in [6.45, 7) is 0. The van der Waals surface area contributed by atoms with Crippen molar-refractivity contribution in [3.8, 4) is 6.07 Å². The summed E-state index contributed by atoms with van der Waals surface area (Å²) in [7, 11) is 1.84. The number of rotatable bonds is 2. The summed E-state index contributed by atoms with van der Waals surface area (Å²) in [6.07, 6.45) is 0. The second kappa shape index (κ2) is 4.94. The molecule has 0 aliphatic carbocycles. The third-order valence-electron chi connectivity index (χ3n) is 2.57. The van der Waals surface area contributed by atoms with Crippen LogP contribution in [0.25, 0.3) is 0 Å². The van der Waals surface area contributed by atoms with Crippen molar-refractivity contribution in [3.63, 3.8) is 0 Å². The van der Waals surface area contributed by atoms with E-state index in [2.05, 4.69) is 11.1 Å². The van der Waals surface area contributed by atoms with Crippen molar-refractivity contribution >= 4 is 28.8 Å². The van der Waals surface area contributed by atoms with Gasteiger partial charge in [-0.2, -0.15) is 5.26 Å². The highest BCUT2D eigenvalue weighted by molar-refractivity contribution is 6.29. The molecule has 0 aliphatic rings. The van der Waals surface area contributed by atoms with Crippen LogP contribution in [0.1, 0.15) is 5.56 Å². The predicted molar refractivity (Wildman–Crippen MR) is 72.9 cm³/mol. The maximum atomic E-state index is 8.75. The summed E-state index contributed by atoms with van der Waals surface area (Å²) >= 11 is 5.86. The largest absolute Gasteiger partial charge is 0.396 e. The second-order valence-electron chi connectivity index (χ2n) is 3.76. The third kappa shape index (κ3) is 2.36. The van der Waals surface area contributed by atoms with E-state index in [1.54, 1.807) is 24.3 Å². The van der Waals surface area contributed by atoms with Gasteiger partial charge in [0.25, 0.3) is 0 Å². The van der Waals surface area contributed by atoms with Crippen molar-refractivity contribution in [2.24, 2.45) is 0 Å². The molecule has 2 aromatic rings. The molecule has 1 aromatic carbocycles. The number of nitriles is 1. The molecule has 0 radical (unpaired) electrons. The highest BCUT2D eigenvalue weighted by atomic mass is 35.5. The van der Waals surface area contributed by atoms with Gasteiger partial charge in [0.05, 0.1) is 17.3 Å². The molecular weight excluding hydrogens is 248 g/mol. The number of benzene rings is 1. The Hall–Kier alpha value is -2.25. The van der Waals surface area contributed by atoms with Crippen LogP contribution in [-0.2, 0) is 0 Å². The normalized spacial score (nSPS) is 9.83. The Morgan fingerprint density at radius 3 is 2.50 bits per heavy atom. The van der Waals surface area contributed by atoms with Gasteiger partial charge in [-0.25, -0.2) is 4.98 Å². The van der Waals surface area contributed by atoms with E-state index in [9.17, 15) is 0 Å². The lowest BCUT2D eigenvalue weighted by Gasteiger charge is -2.20. The summed E-state index contributed by atoms with van der Waals surface area (Å²) in [5.74, 6) is 0.590. The zero-order chi connectivity index (χ0) is 13.1. The van der Waals surface area contributed by atoms with Crippen molar-refractivity contribution in [1.82, 2.24) is 4.98 Å². The molecule has 2 N–H and O–H groups in total. The van der Waals surface area contributed by atoms with Crippen molar-refractivity contribution in [3.05, 3.63) is 47.1 Å². The highest BCUT2D eigenvalue weighted by Crippen LogP contribution is 2.28. The fourth-order valence-electron chi connectivity index (χ4n) is 1.59. The van der Waals surface area contributed by atoms with Gasteiger partial charge in [0, 0.05) is 12.7 Å². The molecule has 2 rings (SSSR count). The molecule has 90 valence electrons. The standard InChI is InChI=1S/C13H11ClN4/c1-18(10-4-2-9(8-15)3-5-10)13-11(16)6-7-12(14)17-13/h2-7H,16H2,1H3. The van der Waals surface area contributed by atoms with Crippen LogP contribution in [-0.4, -0.2) is 12.0 Å². The monoisotopic (exact) mass is 258 g/mol. The molecule has 0 saturated carbocycles. The third-order valence-corrected chi connectivity index (χ3v) is 2.78. The van der Waals surface area contributed by atoms with Crippen LogP contribution in [0, 0.1) is 11.3 Å². The van der Waals surface area contributed by atoms with Crippen molar-refractivity contribution in [2.45, 2.75) is 0 Å². The van der Waals surface area contributed by atoms with Crippen LogP contribution in [0.3, 0.4) is 0 Å². The average molecular weight is 259 g/mol. The summed E-state index contributed by atoms with van der Waals surface area (Å²) in [5, 5.41) is 9.14. The van der Waals surface area contributed by atoms with E-state index >= 15 is 0 Å². The number of anilines is 3.